The molecule has 6 nitrogen and oxygen atoms in total. The Morgan fingerprint density at radius 3 is 2.81 bits per heavy atom. The van der Waals surface area contributed by atoms with Gasteiger partial charge < -0.3 is 19.5 Å². The number of carboxylic acid groups (broad SMARTS) is 1. The van der Waals surface area contributed by atoms with Gasteiger partial charge in [0.1, 0.15) is 0 Å². The largest absolute Gasteiger partial charge is 0.491 e. The summed E-state index contributed by atoms with van der Waals surface area (Å²) >= 11 is 0. The molecule has 0 aromatic carbocycles. The summed E-state index contributed by atoms with van der Waals surface area (Å²) in [7, 11) is 0. The molecule has 6 heteroatoms. The maximum Gasteiger partial charge on any atom is 0.358 e. The van der Waals surface area contributed by atoms with Gasteiger partial charge in [0.2, 0.25) is 0 Å². The number of pyridine rings is 1. The minimum atomic E-state index is -1.04. The maximum atomic E-state index is 11.2. The zero-order valence-corrected chi connectivity index (χ0v) is 11.7. The Morgan fingerprint density at radius 1 is 1.48 bits per heavy atom. The number of hydrogen-bond acceptors (Lipinski definition) is 5. The molecule has 1 aliphatic carbocycles. The van der Waals surface area contributed by atoms with Crippen molar-refractivity contribution >= 4 is 11.7 Å². The van der Waals surface area contributed by atoms with Gasteiger partial charge in [0.25, 0.3) is 0 Å². The summed E-state index contributed by atoms with van der Waals surface area (Å²) in [6.45, 7) is 4.14. The first-order valence-corrected chi connectivity index (χ1v) is 7.34. The maximum absolute atomic E-state index is 11.2. The predicted molar refractivity (Wildman–Crippen MR) is 74.9 cm³/mol. The van der Waals surface area contributed by atoms with Crippen LogP contribution in [0.15, 0.2) is 12.3 Å². The van der Waals surface area contributed by atoms with E-state index in [2.05, 4.69) is 9.88 Å². The molecule has 0 unspecified atom stereocenters. The molecule has 3 aliphatic rings. The van der Waals surface area contributed by atoms with Gasteiger partial charge in [0.15, 0.2) is 11.4 Å². The van der Waals surface area contributed by atoms with Gasteiger partial charge >= 0.3 is 5.97 Å². The van der Waals surface area contributed by atoms with E-state index in [0.717, 1.165) is 32.0 Å². The van der Waals surface area contributed by atoms with Gasteiger partial charge in [-0.3, -0.25) is 0 Å². The van der Waals surface area contributed by atoms with E-state index in [0.29, 0.717) is 23.7 Å². The Balaban J connectivity index is 1.51. The molecule has 2 aliphatic heterocycles. The molecule has 4 rings (SSSR count). The van der Waals surface area contributed by atoms with Gasteiger partial charge in [-0.25, -0.2) is 9.78 Å². The van der Waals surface area contributed by atoms with Crippen LogP contribution in [0.5, 0.6) is 5.75 Å². The molecule has 1 aromatic heterocycles. The number of aromatic nitrogens is 1. The van der Waals surface area contributed by atoms with E-state index in [-0.39, 0.29) is 5.69 Å². The van der Waals surface area contributed by atoms with E-state index in [1.54, 1.807) is 6.20 Å². The van der Waals surface area contributed by atoms with Crippen molar-refractivity contribution in [3.05, 3.63) is 18.0 Å². The van der Waals surface area contributed by atoms with Crippen molar-refractivity contribution in [1.29, 1.82) is 0 Å². The lowest BCUT2D eigenvalue weighted by Gasteiger charge is -2.55. The first-order valence-electron chi connectivity index (χ1n) is 7.34. The molecule has 112 valence electrons. The van der Waals surface area contributed by atoms with Crippen LogP contribution in [0.2, 0.25) is 0 Å². The van der Waals surface area contributed by atoms with E-state index >= 15 is 0 Å². The molecular weight excluding hydrogens is 272 g/mol. The van der Waals surface area contributed by atoms with Gasteiger partial charge in [-0.2, -0.15) is 0 Å². The Labute approximate surface area is 122 Å². The first kappa shape index (κ1) is 12.9. The molecule has 21 heavy (non-hydrogen) atoms. The smallest absolute Gasteiger partial charge is 0.358 e. The van der Waals surface area contributed by atoms with E-state index in [1.807, 2.05) is 6.07 Å². The summed E-state index contributed by atoms with van der Waals surface area (Å²) in [5.41, 5.74) is 1.26. The second kappa shape index (κ2) is 4.59. The van der Waals surface area contributed by atoms with E-state index in [9.17, 15) is 9.90 Å². The van der Waals surface area contributed by atoms with Crippen LogP contribution < -0.4 is 9.64 Å². The first-order chi connectivity index (χ1) is 10.2. The number of rotatable bonds is 5. The van der Waals surface area contributed by atoms with E-state index in [4.69, 9.17) is 9.47 Å². The number of anilines is 1. The van der Waals surface area contributed by atoms with Crippen molar-refractivity contribution in [2.75, 3.05) is 37.8 Å². The summed E-state index contributed by atoms with van der Waals surface area (Å²) in [5.74, 6) is -0.0766. The van der Waals surface area contributed by atoms with Crippen LogP contribution >= 0.6 is 0 Å². The average molecular weight is 290 g/mol. The minimum Gasteiger partial charge on any atom is -0.491 e. The van der Waals surface area contributed by atoms with Gasteiger partial charge in [-0.15, -0.1) is 0 Å². The van der Waals surface area contributed by atoms with E-state index < -0.39 is 5.97 Å². The Morgan fingerprint density at radius 2 is 2.24 bits per heavy atom. The SMILES string of the molecule is O=C(O)c1ncc(N2CC3(COC3)C2)cc1OCC1CC1. The van der Waals surface area contributed by atoms with Crippen molar-refractivity contribution in [2.45, 2.75) is 12.8 Å². The third kappa shape index (κ3) is 2.33. The molecule has 1 saturated carbocycles. The van der Waals surface area contributed by atoms with Crippen molar-refractivity contribution in [3.63, 3.8) is 0 Å². The molecule has 1 N–H and O–H groups in total. The fourth-order valence-corrected chi connectivity index (χ4v) is 2.89. The lowest BCUT2D eigenvalue weighted by atomic mass is 9.78. The predicted octanol–water partition coefficient (Wildman–Crippen LogP) is 1.41. The van der Waals surface area contributed by atoms with Gasteiger partial charge in [-0.1, -0.05) is 0 Å². The average Bonchev–Trinajstić information content (AvgIpc) is 3.16. The fraction of sp³-hybridized carbons (Fsp3) is 0.600. The van der Waals surface area contributed by atoms with Gasteiger partial charge in [-0.05, 0) is 18.8 Å². The second-order valence-corrected chi connectivity index (χ2v) is 6.45. The van der Waals surface area contributed by atoms with Crippen LogP contribution in [0.4, 0.5) is 5.69 Å². The minimum absolute atomic E-state index is 0.00149. The molecule has 3 fully saturated rings. The zero-order valence-electron chi connectivity index (χ0n) is 11.7. The standard InChI is InChI=1S/C15H18N2O4/c18-14(19)13-12(21-5-10-1-2-10)3-11(4-16-13)17-6-15(7-17)8-20-9-15/h3-4,10H,1-2,5-9H2,(H,18,19). The fourth-order valence-electron chi connectivity index (χ4n) is 2.89. The van der Waals surface area contributed by atoms with Crippen molar-refractivity contribution in [3.8, 4) is 5.75 Å². The summed E-state index contributed by atoms with van der Waals surface area (Å²) in [6.07, 6.45) is 3.97. The summed E-state index contributed by atoms with van der Waals surface area (Å²) in [4.78, 5) is 17.5. The lowest BCUT2D eigenvalue weighted by molar-refractivity contribution is -0.127. The summed E-state index contributed by atoms with van der Waals surface area (Å²) < 4.78 is 10.9. The molecule has 3 heterocycles. The third-order valence-corrected chi connectivity index (χ3v) is 4.45. The Hall–Kier alpha value is -1.82. The van der Waals surface area contributed by atoms with Crippen LogP contribution in [-0.4, -0.2) is 49.0 Å². The van der Waals surface area contributed by atoms with Crippen LogP contribution in [0, 0.1) is 11.3 Å². The van der Waals surface area contributed by atoms with Gasteiger partial charge in [0.05, 0.1) is 37.1 Å². The number of carbonyl (C=O) groups is 1. The third-order valence-electron chi connectivity index (χ3n) is 4.45. The number of hydrogen-bond donors (Lipinski definition) is 1. The molecule has 0 radical (unpaired) electrons. The summed E-state index contributed by atoms with van der Waals surface area (Å²) in [6, 6.07) is 1.81. The Bertz CT molecular complexity index is 573. The molecule has 1 aromatic rings. The molecular formula is C15H18N2O4. The highest BCUT2D eigenvalue weighted by molar-refractivity contribution is 5.89. The van der Waals surface area contributed by atoms with Crippen LogP contribution in [-0.2, 0) is 4.74 Å². The highest BCUT2D eigenvalue weighted by Gasteiger charge is 2.49. The highest BCUT2D eigenvalue weighted by atomic mass is 16.5. The second-order valence-electron chi connectivity index (χ2n) is 6.45. The van der Waals surface area contributed by atoms with Crippen LogP contribution in [0.3, 0.4) is 0 Å². The molecule has 0 bridgehead atoms. The van der Waals surface area contributed by atoms with Crippen molar-refractivity contribution in [2.24, 2.45) is 11.3 Å². The number of nitrogens with zero attached hydrogens (tertiary/aromatic N) is 2. The highest BCUT2D eigenvalue weighted by Crippen LogP contribution is 2.41. The topological polar surface area (TPSA) is 71.9 Å². The molecule has 0 amide bonds. The molecule has 0 atom stereocenters. The molecule has 2 saturated heterocycles. The zero-order chi connectivity index (χ0) is 14.4. The van der Waals surface area contributed by atoms with E-state index in [1.165, 1.54) is 12.8 Å². The normalized spacial score (nSPS) is 22.6. The van der Waals surface area contributed by atoms with Crippen LogP contribution in [0.25, 0.3) is 0 Å². The lowest BCUT2D eigenvalue weighted by Crippen LogP contribution is -2.66. The molecule has 1 spiro atoms. The monoisotopic (exact) mass is 290 g/mol. The Kier molecular flexibility index (Phi) is 2.82. The van der Waals surface area contributed by atoms with Crippen molar-refractivity contribution < 1.29 is 19.4 Å². The quantitative estimate of drug-likeness (QED) is 0.884. The number of aromatic carboxylic acids is 1. The summed E-state index contributed by atoms with van der Waals surface area (Å²) in [5, 5.41) is 9.20. The number of ether oxygens (including phenoxy) is 2. The number of carboxylic acids is 1. The van der Waals surface area contributed by atoms with Crippen molar-refractivity contribution in [1.82, 2.24) is 4.98 Å². The van der Waals surface area contributed by atoms with Crippen LogP contribution in [0.1, 0.15) is 23.3 Å². The van der Waals surface area contributed by atoms with Gasteiger partial charge in [0, 0.05) is 19.2 Å².